The average molecular weight is 268 g/mol. The number of aryl methyl sites for hydroxylation is 1. The van der Waals surface area contributed by atoms with E-state index in [0.717, 1.165) is 15.9 Å². The smallest absolute Gasteiger partial charge is 0.284 e. The monoisotopic (exact) mass is 268 g/mol. The molecule has 0 aliphatic heterocycles. The Morgan fingerprint density at radius 2 is 1.95 bits per heavy atom. The number of hydrogen-bond donors (Lipinski definition) is 1. The molecule has 3 aromatic rings. The molecule has 0 radical (unpaired) electrons. The van der Waals surface area contributed by atoms with Gasteiger partial charge in [-0.1, -0.05) is 24.3 Å². The van der Waals surface area contributed by atoms with E-state index in [4.69, 9.17) is 0 Å². The third-order valence-electron chi connectivity index (χ3n) is 2.77. The first-order valence-electron chi connectivity index (χ1n) is 5.96. The number of carbonyl (C=O) groups is 1. The first kappa shape index (κ1) is 11.9. The maximum Gasteiger partial charge on any atom is 0.284 e. The minimum atomic E-state index is -0.162. The van der Waals surface area contributed by atoms with Crippen LogP contribution < -0.4 is 5.32 Å². The van der Waals surface area contributed by atoms with Crippen molar-refractivity contribution >= 4 is 33.1 Å². The van der Waals surface area contributed by atoms with E-state index in [1.54, 1.807) is 0 Å². The molecule has 0 fully saturated rings. The van der Waals surface area contributed by atoms with Crippen LogP contribution >= 0.6 is 11.3 Å². The molecule has 1 N–H and O–H groups in total. The summed E-state index contributed by atoms with van der Waals surface area (Å²) in [6, 6.07) is 15.4. The Bertz CT molecular complexity index is 734. The van der Waals surface area contributed by atoms with Crippen LogP contribution in [0.2, 0.25) is 0 Å². The summed E-state index contributed by atoms with van der Waals surface area (Å²) in [5.74, 6) is -0.162. The van der Waals surface area contributed by atoms with E-state index < -0.39 is 0 Å². The number of nitrogens with zero attached hydrogens (tertiary/aromatic N) is 1. The van der Waals surface area contributed by atoms with Gasteiger partial charge in [0.25, 0.3) is 5.91 Å². The normalized spacial score (nSPS) is 10.6. The number of fused-ring (bicyclic) bond motifs is 1. The van der Waals surface area contributed by atoms with Crippen LogP contribution in [-0.2, 0) is 0 Å². The molecule has 0 atom stereocenters. The van der Waals surface area contributed by atoms with Crippen molar-refractivity contribution in [2.75, 3.05) is 5.32 Å². The molecule has 0 bridgehead atoms. The lowest BCUT2D eigenvalue weighted by Crippen LogP contribution is -2.11. The van der Waals surface area contributed by atoms with Gasteiger partial charge in [-0.2, -0.15) is 0 Å². The van der Waals surface area contributed by atoms with E-state index in [-0.39, 0.29) is 5.91 Å². The van der Waals surface area contributed by atoms with Crippen molar-refractivity contribution in [2.45, 2.75) is 6.92 Å². The first-order chi connectivity index (χ1) is 9.22. The van der Waals surface area contributed by atoms with Crippen LogP contribution in [0.1, 0.15) is 15.4 Å². The van der Waals surface area contributed by atoms with E-state index in [0.29, 0.717) is 5.01 Å². The predicted octanol–water partition coefficient (Wildman–Crippen LogP) is 3.86. The molecule has 94 valence electrons. The Balaban J connectivity index is 1.89. The minimum Gasteiger partial charge on any atom is -0.320 e. The number of aromatic nitrogens is 1. The Morgan fingerprint density at radius 3 is 2.74 bits per heavy atom. The highest BCUT2D eigenvalue weighted by Gasteiger charge is 2.12. The summed E-state index contributed by atoms with van der Waals surface area (Å²) in [5, 5.41) is 3.33. The second-order valence-corrected chi connectivity index (χ2v) is 5.34. The van der Waals surface area contributed by atoms with Crippen molar-refractivity contribution in [3.63, 3.8) is 0 Å². The van der Waals surface area contributed by atoms with Gasteiger partial charge in [0.15, 0.2) is 5.01 Å². The summed E-state index contributed by atoms with van der Waals surface area (Å²) in [7, 11) is 0. The molecule has 19 heavy (non-hydrogen) atoms. The maximum absolute atomic E-state index is 12.1. The molecule has 4 heteroatoms. The summed E-state index contributed by atoms with van der Waals surface area (Å²) in [4.78, 5) is 16.5. The molecule has 0 saturated heterocycles. The van der Waals surface area contributed by atoms with Crippen molar-refractivity contribution in [1.29, 1.82) is 0 Å². The topological polar surface area (TPSA) is 42.0 Å². The zero-order valence-electron chi connectivity index (χ0n) is 10.4. The van der Waals surface area contributed by atoms with Crippen LogP contribution in [0.5, 0.6) is 0 Å². The number of carbonyl (C=O) groups excluding carboxylic acids is 1. The van der Waals surface area contributed by atoms with Crippen LogP contribution in [-0.4, -0.2) is 10.9 Å². The van der Waals surface area contributed by atoms with E-state index in [2.05, 4.69) is 10.3 Å². The van der Waals surface area contributed by atoms with Gasteiger partial charge in [0.2, 0.25) is 0 Å². The number of para-hydroxylation sites is 1. The molecule has 1 aromatic heterocycles. The highest BCUT2D eigenvalue weighted by molar-refractivity contribution is 7.20. The van der Waals surface area contributed by atoms with Gasteiger partial charge in [-0.3, -0.25) is 4.79 Å². The average Bonchev–Trinajstić information content (AvgIpc) is 2.83. The summed E-state index contributed by atoms with van der Waals surface area (Å²) in [6.45, 7) is 2.03. The van der Waals surface area contributed by atoms with Crippen LogP contribution in [0.3, 0.4) is 0 Å². The molecule has 0 aliphatic carbocycles. The van der Waals surface area contributed by atoms with Crippen molar-refractivity contribution in [3.05, 3.63) is 59.1 Å². The van der Waals surface area contributed by atoms with Gasteiger partial charge in [-0.25, -0.2) is 4.98 Å². The molecule has 1 amide bonds. The number of nitrogens with one attached hydrogen (secondary N) is 1. The van der Waals surface area contributed by atoms with Crippen LogP contribution in [0.25, 0.3) is 10.2 Å². The van der Waals surface area contributed by atoms with Gasteiger partial charge in [0, 0.05) is 5.69 Å². The zero-order valence-corrected chi connectivity index (χ0v) is 11.2. The molecule has 3 rings (SSSR count). The molecule has 1 heterocycles. The molecule has 3 nitrogen and oxygen atoms in total. The third kappa shape index (κ3) is 2.48. The molecule has 2 aromatic carbocycles. The number of benzene rings is 2. The summed E-state index contributed by atoms with van der Waals surface area (Å²) in [6.07, 6.45) is 0. The Morgan fingerprint density at radius 1 is 1.16 bits per heavy atom. The number of rotatable bonds is 2. The van der Waals surface area contributed by atoms with Crippen molar-refractivity contribution in [1.82, 2.24) is 4.98 Å². The lowest BCUT2D eigenvalue weighted by Gasteiger charge is -2.01. The van der Waals surface area contributed by atoms with Crippen molar-refractivity contribution in [2.24, 2.45) is 0 Å². The molecular formula is C15H12N2OS. The SMILES string of the molecule is Cc1ccc2nc(C(=O)Nc3ccccc3)sc2c1. The van der Waals surface area contributed by atoms with E-state index >= 15 is 0 Å². The molecule has 0 aliphatic rings. The van der Waals surface area contributed by atoms with E-state index in [1.165, 1.54) is 16.9 Å². The number of amides is 1. The number of thiazole rings is 1. The highest BCUT2D eigenvalue weighted by atomic mass is 32.1. The van der Waals surface area contributed by atoms with Crippen LogP contribution in [0.4, 0.5) is 5.69 Å². The zero-order chi connectivity index (χ0) is 13.2. The van der Waals surface area contributed by atoms with Crippen molar-refractivity contribution < 1.29 is 4.79 Å². The van der Waals surface area contributed by atoms with Gasteiger partial charge in [-0.05, 0) is 36.8 Å². The van der Waals surface area contributed by atoms with Crippen LogP contribution in [0.15, 0.2) is 48.5 Å². The lowest BCUT2D eigenvalue weighted by atomic mass is 10.2. The van der Waals surface area contributed by atoms with Crippen molar-refractivity contribution in [3.8, 4) is 0 Å². The first-order valence-corrected chi connectivity index (χ1v) is 6.77. The fourth-order valence-electron chi connectivity index (χ4n) is 1.84. The van der Waals surface area contributed by atoms with Gasteiger partial charge in [0.05, 0.1) is 10.2 Å². The standard InChI is InChI=1S/C15H12N2OS/c1-10-7-8-12-13(9-10)19-15(17-12)14(18)16-11-5-3-2-4-6-11/h2-9H,1H3,(H,16,18). The quantitative estimate of drug-likeness (QED) is 0.767. The van der Waals surface area contributed by atoms with Gasteiger partial charge < -0.3 is 5.32 Å². The maximum atomic E-state index is 12.1. The molecule has 0 spiro atoms. The summed E-state index contributed by atoms with van der Waals surface area (Å²) >= 11 is 1.42. The van der Waals surface area contributed by atoms with Gasteiger partial charge in [0.1, 0.15) is 0 Å². The summed E-state index contributed by atoms with van der Waals surface area (Å²) < 4.78 is 1.04. The lowest BCUT2D eigenvalue weighted by molar-refractivity contribution is 0.102. The minimum absolute atomic E-state index is 0.162. The molecule has 0 saturated carbocycles. The Hall–Kier alpha value is -2.20. The number of hydrogen-bond acceptors (Lipinski definition) is 3. The predicted molar refractivity (Wildman–Crippen MR) is 78.8 cm³/mol. The third-order valence-corrected chi connectivity index (χ3v) is 3.79. The van der Waals surface area contributed by atoms with Crippen LogP contribution in [0, 0.1) is 6.92 Å². The molecular weight excluding hydrogens is 256 g/mol. The Labute approximate surface area is 114 Å². The summed E-state index contributed by atoms with van der Waals surface area (Å²) in [5.41, 5.74) is 2.82. The number of anilines is 1. The second-order valence-electron chi connectivity index (χ2n) is 4.31. The van der Waals surface area contributed by atoms with Gasteiger partial charge >= 0.3 is 0 Å². The van der Waals surface area contributed by atoms with E-state index in [1.807, 2.05) is 55.5 Å². The fourth-order valence-corrected chi connectivity index (χ4v) is 2.79. The van der Waals surface area contributed by atoms with Gasteiger partial charge in [-0.15, -0.1) is 11.3 Å². The highest BCUT2D eigenvalue weighted by Crippen LogP contribution is 2.23. The second kappa shape index (κ2) is 4.82. The Kier molecular flexibility index (Phi) is 3.01. The largest absolute Gasteiger partial charge is 0.320 e. The molecule has 0 unspecified atom stereocenters. The fraction of sp³-hybridized carbons (Fsp3) is 0.0667. The van der Waals surface area contributed by atoms with E-state index in [9.17, 15) is 4.79 Å².